The number of carboxylic acids is 1. The van der Waals surface area contributed by atoms with Crippen LogP contribution < -0.4 is 0 Å². The Labute approximate surface area is 97.1 Å². The maximum atomic E-state index is 10.1. The predicted molar refractivity (Wildman–Crippen MR) is 67.2 cm³/mol. The monoisotopic (exact) mass is 230 g/mol. The highest BCUT2D eigenvalue weighted by atomic mass is 32.2. The van der Waals surface area contributed by atoms with Gasteiger partial charge in [0.2, 0.25) is 0 Å². The Balaban J connectivity index is 3.02. The van der Waals surface area contributed by atoms with E-state index in [0.29, 0.717) is 0 Å². The molecule has 2 nitrogen and oxygen atoms in total. The van der Waals surface area contributed by atoms with Crippen LogP contribution in [0.25, 0.3) is 0 Å². The second kappa shape index (κ2) is 11.6. The van der Waals surface area contributed by atoms with Gasteiger partial charge in [-0.3, -0.25) is 0 Å². The molecule has 0 radical (unpaired) electrons. The van der Waals surface area contributed by atoms with Crippen LogP contribution in [0.15, 0.2) is 11.5 Å². The van der Waals surface area contributed by atoms with Crippen LogP contribution in [0.4, 0.5) is 0 Å². The quantitative estimate of drug-likeness (QED) is 0.454. The first-order chi connectivity index (χ1) is 7.27. The van der Waals surface area contributed by atoms with Gasteiger partial charge in [0.1, 0.15) is 0 Å². The number of rotatable bonds is 10. The number of aliphatic carboxylic acids is 1. The highest BCUT2D eigenvalue weighted by molar-refractivity contribution is 8.02. The van der Waals surface area contributed by atoms with Gasteiger partial charge in [-0.05, 0) is 17.6 Å². The molecule has 0 aliphatic rings. The van der Waals surface area contributed by atoms with E-state index < -0.39 is 5.97 Å². The summed E-state index contributed by atoms with van der Waals surface area (Å²) in [5.74, 6) is 0.180. The normalized spacial score (nSPS) is 11.0. The van der Waals surface area contributed by atoms with Gasteiger partial charge in [-0.2, -0.15) is 0 Å². The molecule has 0 spiro atoms. The van der Waals surface area contributed by atoms with Crippen molar-refractivity contribution in [1.82, 2.24) is 0 Å². The van der Waals surface area contributed by atoms with Gasteiger partial charge in [0.05, 0.1) is 0 Å². The number of hydrogen-bond acceptors (Lipinski definition) is 2. The van der Waals surface area contributed by atoms with E-state index in [1.807, 2.05) is 0 Å². The second-order valence-corrected chi connectivity index (χ2v) is 4.65. The third-order valence-electron chi connectivity index (χ3n) is 2.17. The van der Waals surface area contributed by atoms with Gasteiger partial charge < -0.3 is 5.11 Å². The zero-order valence-electron chi connectivity index (χ0n) is 9.58. The molecule has 0 amide bonds. The molecule has 0 fully saturated rings. The molecular weight excluding hydrogens is 208 g/mol. The van der Waals surface area contributed by atoms with Gasteiger partial charge in [0, 0.05) is 6.08 Å². The van der Waals surface area contributed by atoms with Crippen LogP contribution in [-0.2, 0) is 4.79 Å². The Kier molecular flexibility index (Phi) is 11.3. The summed E-state index contributed by atoms with van der Waals surface area (Å²) in [5.41, 5.74) is 0. The Morgan fingerprint density at radius 3 is 2.33 bits per heavy atom. The fraction of sp³-hybridized carbons (Fsp3) is 0.750. The zero-order valence-corrected chi connectivity index (χ0v) is 10.4. The highest BCUT2D eigenvalue weighted by Crippen LogP contribution is 2.10. The van der Waals surface area contributed by atoms with Crippen molar-refractivity contribution in [1.29, 1.82) is 0 Å². The summed E-state index contributed by atoms with van der Waals surface area (Å²) in [5, 5.41) is 10.0. The minimum Gasteiger partial charge on any atom is -0.478 e. The van der Waals surface area contributed by atoms with E-state index in [-0.39, 0.29) is 0 Å². The number of carboxylic acid groups (broad SMARTS) is 1. The Hall–Kier alpha value is -0.440. The van der Waals surface area contributed by atoms with Crippen molar-refractivity contribution in [3.8, 4) is 0 Å². The summed E-state index contributed by atoms with van der Waals surface area (Å²) < 4.78 is 0. The van der Waals surface area contributed by atoms with E-state index in [9.17, 15) is 4.79 Å². The van der Waals surface area contributed by atoms with E-state index in [0.717, 1.165) is 5.75 Å². The van der Waals surface area contributed by atoms with Crippen LogP contribution in [0.5, 0.6) is 0 Å². The molecule has 0 aromatic rings. The summed E-state index contributed by atoms with van der Waals surface area (Å²) in [4.78, 5) is 10.1. The van der Waals surface area contributed by atoms with Crippen molar-refractivity contribution < 1.29 is 9.90 Å². The first-order valence-corrected chi connectivity index (χ1v) is 6.83. The Bertz CT molecular complexity index is 178. The number of carbonyl (C=O) groups is 1. The van der Waals surface area contributed by atoms with Crippen molar-refractivity contribution in [2.45, 2.75) is 51.9 Å². The van der Waals surface area contributed by atoms with Crippen LogP contribution in [0.2, 0.25) is 0 Å². The summed E-state index contributed by atoms with van der Waals surface area (Å²) >= 11 is 1.59. The van der Waals surface area contributed by atoms with Gasteiger partial charge in [-0.1, -0.05) is 45.4 Å². The summed E-state index contributed by atoms with van der Waals surface area (Å²) in [6.07, 6.45) is 10.4. The molecule has 0 unspecified atom stereocenters. The molecule has 0 aromatic carbocycles. The molecule has 0 aromatic heterocycles. The molecule has 0 heterocycles. The molecule has 0 aliphatic carbocycles. The summed E-state index contributed by atoms with van der Waals surface area (Å²) in [7, 11) is 0. The lowest BCUT2D eigenvalue weighted by Gasteiger charge is -1.99. The standard InChI is InChI=1S/C12H22O2S/c1-2-3-4-5-6-7-8-10-15-11-9-12(13)14/h9,11H,2-8,10H2,1H3,(H,13,14)/b11-9+. The maximum Gasteiger partial charge on any atom is 0.328 e. The van der Waals surface area contributed by atoms with Gasteiger partial charge in [0.15, 0.2) is 0 Å². The van der Waals surface area contributed by atoms with E-state index >= 15 is 0 Å². The van der Waals surface area contributed by atoms with Gasteiger partial charge in [-0.25, -0.2) is 4.79 Å². The van der Waals surface area contributed by atoms with Crippen LogP contribution in [0.3, 0.4) is 0 Å². The van der Waals surface area contributed by atoms with Gasteiger partial charge >= 0.3 is 5.97 Å². The van der Waals surface area contributed by atoms with Crippen LogP contribution in [0, 0.1) is 0 Å². The molecule has 1 N–H and O–H groups in total. The van der Waals surface area contributed by atoms with Crippen LogP contribution in [0.1, 0.15) is 51.9 Å². The largest absolute Gasteiger partial charge is 0.478 e. The SMILES string of the molecule is CCCCCCCCCS/C=C/C(=O)O. The second-order valence-electron chi connectivity index (χ2n) is 3.63. The number of thioether (sulfide) groups is 1. The minimum atomic E-state index is -0.859. The minimum absolute atomic E-state index is 0.859. The number of unbranched alkanes of at least 4 members (excludes halogenated alkanes) is 6. The van der Waals surface area contributed by atoms with Crippen molar-refractivity contribution in [2.75, 3.05) is 5.75 Å². The number of hydrogen-bond donors (Lipinski definition) is 1. The fourth-order valence-electron chi connectivity index (χ4n) is 1.32. The molecule has 0 bridgehead atoms. The topological polar surface area (TPSA) is 37.3 Å². The molecule has 15 heavy (non-hydrogen) atoms. The molecule has 0 saturated carbocycles. The van der Waals surface area contributed by atoms with Crippen molar-refractivity contribution >= 4 is 17.7 Å². The maximum absolute atomic E-state index is 10.1. The first kappa shape index (κ1) is 14.6. The molecule has 3 heteroatoms. The Morgan fingerprint density at radius 1 is 1.13 bits per heavy atom. The van der Waals surface area contributed by atoms with E-state index in [1.165, 1.54) is 51.0 Å². The molecule has 0 atom stereocenters. The molecular formula is C12H22O2S. The molecule has 88 valence electrons. The molecule has 0 saturated heterocycles. The van der Waals surface area contributed by atoms with Crippen LogP contribution in [-0.4, -0.2) is 16.8 Å². The van der Waals surface area contributed by atoms with E-state index in [2.05, 4.69) is 6.92 Å². The fourth-order valence-corrected chi connectivity index (χ4v) is 2.04. The van der Waals surface area contributed by atoms with Crippen molar-refractivity contribution in [2.24, 2.45) is 0 Å². The van der Waals surface area contributed by atoms with Gasteiger partial charge in [0.25, 0.3) is 0 Å². The first-order valence-electron chi connectivity index (χ1n) is 5.78. The van der Waals surface area contributed by atoms with Crippen LogP contribution >= 0.6 is 11.8 Å². The summed E-state index contributed by atoms with van der Waals surface area (Å²) in [6.45, 7) is 2.23. The lowest BCUT2D eigenvalue weighted by atomic mass is 10.1. The highest BCUT2D eigenvalue weighted by Gasteiger charge is 1.91. The average Bonchev–Trinajstić information content (AvgIpc) is 2.20. The molecule has 0 rings (SSSR count). The third kappa shape index (κ3) is 13.6. The molecule has 0 aliphatic heterocycles. The lowest BCUT2D eigenvalue weighted by Crippen LogP contribution is -1.85. The van der Waals surface area contributed by atoms with E-state index in [4.69, 9.17) is 5.11 Å². The van der Waals surface area contributed by atoms with Crippen molar-refractivity contribution in [3.05, 3.63) is 11.5 Å². The van der Waals surface area contributed by atoms with Crippen molar-refractivity contribution in [3.63, 3.8) is 0 Å². The van der Waals surface area contributed by atoms with Gasteiger partial charge in [-0.15, -0.1) is 11.8 Å². The average molecular weight is 230 g/mol. The lowest BCUT2D eigenvalue weighted by molar-refractivity contribution is -0.131. The predicted octanol–water partition coefficient (Wildman–Crippen LogP) is 4.07. The van der Waals surface area contributed by atoms with E-state index in [1.54, 1.807) is 17.2 Å². The Morgan fingerprint density at radius 2 is 1.73 bits per heavy atom. The summed E-state index contributed by atoms with van der Waals surface area (Å²) in [6, 6.07) is 0. The smallest absolute Gasteiger partial charge is 0.328 e. The third-order valence-corrected chi connectivity index (χ3v) is 3.03. The zero-order chi connectivity index (χ0) is 11.4.